The first kappa shape index (κ1) is 24.4. The Morgan fingerprint density at radius 3 is 2.03 bits per heavy atom. The third-order valence-corrected chi connectivity index (χ3v) is 6.79. The minimum Gasteiger partial charge on any atom is -0.350 e. The fourth-order valence-corrected chi connectivity index (χ4v) is 3.51. The Hall–Kier alpha value is -2.87. The Labute approximate surface area is 184 Å². The Balaban J connectivity index is 2.22. The van der Waals surface area contributed by atoms with E-state index in [0.29, 0.717) is 28.1 Å². The molecule has 0 fully saturated rings. The molecular formula is C23H31N3O4S. The average molecular weight is 446 g/mol. The van der Waals surface area contributed by atoms with Gasteiger partial charge in [-0.05, 0) is 96.0 Å². The summed E-state index contributed by atoms with van der Waals surface area (Å²) in [7, 11) is -3.55. The Morgan fingerprint density at radius 2 is 1.52 bits per heavy atom. The maximum atomic E-state index is 12.7. The van der Waals surface area contributed by atoms with Crippen LogP contribution in [0.25, 0.3) is 0 Å². The fraction of sp³-hybridized carbons (Fsp3) is 0.391. The Kier molecular flexibility index (Phi) is 7.16. The summed E-state index contributed by atoms with van der Waals surface area (Å²) in [5.41, 5.74) is 3.33. The van der Waals surface area contributed by atoms with Crippen LogP contribution >= 0.6 is 0 Å². The standard InChI is InChI=1S/C23H31N3O4S/c1-14(2)24-22(28)19-12-15(3)13-20(16(19)4)25-21(27)17-8-10-18(11-9-17)26-31(29,30)23(5,6)7/h8-14,26H,1-7H3,(H,24,28)(H,25,27). The van der Waals surface area contributed by atoms with Crippen molar-refractivity contribution in [2.75, 3.05) is 10.0 Å². The van der Waals surface area contributed by atoms with E-state index >= 15 is 0 Å². The molecule has 7 nitrogen and oxygen atoms in total. The van der Waals surface area contributed by atoms with Crippen molar-refractivity contribution in [1.29, 1.82) is 0 Å². The number of rotatable bonds is 6. The van der Waals surface area contributed by atoms with Gasteiger partial charge in [0.25, 0.3) is 11.8 Å². The van der Waals surface area contributed by atoms with Crippen LogP contribution in [0.5, 0.6) is 0 Å². The predicted octanol–water partition coefficient (Wildman–Crippen LogP) is 4.23. The summed E-state index contributed by atoms with van der Waals surface area (Å²) >= 11 is 0. The summed E-state index contributed by atoms with van der Waals surface area (Å²) in [6, 6.07) is 9.79. The van der Waals surface area contributed by atoms with Crippen LogP contribution in [0.15, 0.2) is 36.4 Å². The fourth-order valence-electron chi connectivity index (χ4n) is 2.76. The van der Waals surface area contributed by atoms with E-state index in [-0.39, 0.29) is 17.9 Å². The van der Waals surface area contributed by atoms with Gasteiger partial charge in [0, 0.05) is 28.5 Å². The number of amides is 2. The summed E-state index contributed by atoms with van der Waals surface area (Å²) in [5, 5.41) is 5.72. The summed E-state index contributed by atoms with van der Waals surface area (Å²) in [4.78, 5) is 25.2. The maximum absolute atomic E-state index is 12.7. The number of carbonyl (C=O) groups is 2. The lowest BCUT2D eigenvalue weighted by Crippen LogP contribution is -2.33. The van der Waals surface area contributed by atoms with Gasteiger partial charge in [0.05, 0.1) is 4.75 Å². The molecule has 0 saturated heterocycles. The van der Waals surface area contributed by atoms with Gasteiger partial charge in [-0.2, -0.15) is 0 Å². The molecule has 2 rings (SSSR count). The van der Waals surface area contributed by atoms with Crippen LogP contribution in [0, 0.1) is 13.8 Å². The van der Waals surface area contributed by atoms with Crippen LogP contribution in [-0.4, -0.2) is 31.0 Å². The third-order valence-electron chi connectivity index (χ3n) is 4.67. The van der Waals surface area contributed by atoms with Gasteiger partial charge in [-0.25, -0.2) is 8.42 Å². The van der Waals surface area contributed by atoms with E-state index in [1.165, 1.54) is 0 Å². The molecule has 8 heteroatoms. The molecule has 168 valence electrons. The molecule has 0 radical (unpaired) electrons. The van der Waals surface area contributed by atoms with Crippen LogP contribution in [0.4, 0.5) is 11.4 Å². The highest BCUT2D eigenvalue weighted by molar-refractivity contribution is 7.94. The molecule has 0 aliphatic carbocycles. The first-order chi connectivity index (χ1) is 14.2. The Bertz CT molecular complexity index is 1080. The summed E-state index contributed by atoms with van der Waals surface area (Å²) in [6.45, 7) is 12.2. The number of anilines is 2. The summed E-state index contributed by atoms with van der Waals surface area (Å²) in [5.74, 6) is -0.545. The number of aryl methyl sites for hydroxylation is 1. The molecule has 0 spiro atoms. The normalized spacial score (nSPS) is 11.9. The highest BCUT2D eigenvalue weighted by Gasteiger charge is 2.28. The predicted molar refractivity (Wildman–Crippen MR) is 125 cm³/mol. The zero-order valence-electron chi connectivity index (χ0n) is 19.1. The topological polar surface area (TPSA) is 104 Å². The van der Waals surface area contributed by atoms with Crippen LogP contribution in [0.1, 0.15) is 66.5 Å². The number of hydrogen-bond acceptors (Lipinski definition) is 4. The van der Waals surface area contributed by atoms with Crippen molar-refractivity contribution in [3.8, 4) is 0 Å². The molecule has 0 aliphatic heterocycles. The zero-order valence-corrected chi connectivity index (χ0v) is 19.9. The summed E-state index contributed by atoms with van der Waals surface area (Å²) < 4.78 is 26.1. The SMILES string of the molecule is Cc1cc(NC(=O)c2ccc(NS(=O)(=O)C(C)(C)C)cc2)c(C)c(C(=O)NC(C)C)c1. The molecule has 2 aromatic rings. The molecule has 0 saturated carbocycles. The van der Waals surface area contributed by atoms with Gasteiger partial charge in [0.15, 0.2) is 0 Å². The van der Waals surface area contributed by atoms with E-state index in [2.05, 4.69) is 15.4 Å². The molecule has 0 aromatic heterocycles. The smallest absolute Gasteiger partial charge is 0.255 e. The van der Waals surface area contributed by atoms with E-state index in [1.54, 1.807) is 58.0 Å². The highest BCUT2D eigenvalue weighted by Crippen LogP contribution is 2.24. The van der Waals surface area contributed by atoms with Gasteiger partial charge in [-0.15, -0.1) is 0 Å². The van der Waals surface area contributed by atoms with E-state index in [1.807, 2.05) is 26.8 Å². The van der Waals surface area contributed by atoms with Crippen molar-refractivity contribution in [2.24, 2.45) is 0 Å². The number of sulfonamides is 1. The summed E-state index contributed by atoms with van der Waals surface area (Å²) in [6.07, 6.45) is 0. The molecule has 2 amide bonds. The molecule has 0 aliphatic rings. The number of hydrogen-bond donors (Lipinski definition) is 3. The second-order valence-corrected chi connectivity index (χ2v) is 11.3. The van der Waals surface area contributed by atoms with Gasteiger partial charge >= 0.3 is 0 Å². The van der Waals surface area contributed by atoms with Crippen molar-refractivity contribution >= 4 is 33.2 Å². The molecule has 0 bridgehead atoms. The van der Waals surface area contributed by atoms with Crippen molar-refractivity contribution in [2.45, 2.75) is 59.3 Å². The lowest BCUT2D eigenvalue weighted by atomic mass is 10.0. The van der Waals surface area contributed by atoms with Crippen LogP contribution < -0.4 is 15.4 Å². The van der Waals surface area contributed by atoms with E-state index in [9.17, 15) is 18.0 Å². The molecule has 2 aromatic carbocycles. The molecule has 31 heavy (non-hydrogen) atoms. The van der Waals surface area contributed by atoms with E-state index in [0.717, 1.165) is 5.56 Å². The van der Waals surface area contributed by atoms with Gasteiger partial charge in [-0.3, -0.25) is 14.3 Å². The first-order valence-electron chi connectivity index (χ1n) is 10.1. The van der Waals surface area contributed by atoms with Gasteiger partial charge < -0.3 is 10.6 Å². The van der Waals surface area contributed by atoms with Gasteiger partial charge in [0.1, 0.15) is 0 Å². The first-order valence-corrected chi connectivity index (χ1v) is 11.6. The molecule has 0 atom stereocenters. The van der Waals surface area contributed by atoms with Crippen LogP contribution in [0.2, 0.25) is 0 Å². The van der Waals surface area contributed by atoms with E-state index < -0.39 is 14.8 Å². The second kappa shape index (κ2) is 9.09. The number of carbonyl (C=O) groups excluding carboxylic acids is 2. The van der Waals surface area contributed by atoms with E-state index in [4.69, 9.17) is 0 Å². The average Bonchev–Trinajstić information content (AvgIpc) is 2.63. The Morgan fingerprint density at radius 1 is 0.935 bits per heavy atom. The molecular weight excluding hydrogens is 414 g/mol. The lowest BCUT2D eigenvalue weighted by Gasteiger charge is -2.20. The zero-order chi connectivity index (χ0) is 23.6. The molecule has 0 heterocycles. The monoisotopic (exact) mass is 445 g/mol. The highest BCUT2D eigenvalue weighted by atomic mass is 32.2. The van der Waals surface area contributed by atoms with Gasteiger partial charge in [0.2, 0.25) is 10.0 Å². The molecule has 0 unspecified atom stereocenters. The molecule has 3 N–H and O–H groups in total. The van der Waals surface area contributed by atoms with Crippen molar-refractivity contribution in [3.63, 3.8) is 0 Å². The van der Waals surface area contributed by atoms with Crippen LogP contribution in [0.3, 0.4) is 0 Å². The minimum atomic E-state index is -3.55. The van der Waals surface area contributed by atoms with Crippen LogP contribution in [-0.2, 0) is 10.0 Å². The lowest BCUT2D eigenvalue weighted by molar-refractivity contribution is 0.0941. The second-order valence-electron chi connectivity index (χ2n) is 8.86. The number of nitrogens with one attached hydrogen (secondary N) is 3. The number of benzene rings is 2. The largest absolute Gasteiger partial charge is 0.350 e. The van der Waals surface area contributed by atoms with Crippen molar-refractivity contribution < 1.29 is 18.0 Å². The third kappa shape index (κ3) is 6.07. The minimum absolute atomic E-state index is 0.000301. The maximum Gasteiger partial charge on any atom is 0.255 e. The van der Waals surface area contributed by atoms with Crippen molar-refractivity contribution in [1.82, 2.24) is 5.32 Å². The van der Waals surface area contributed by atoms with Crippen molar-refractivity contribution in [3.05, 3.63) is 58.7 Å². The quantitative estimate of drug-likeness (QED) is 0.619. The van der Waals surface area contributed by atoms with Gasteiger partial charge in [-0.1, -0.05) is 0 Å².